The minimum Gasteiger partial charge on any atom is -0.369 e. The number of nitrogens with zero attached hydrogens (tertiary/aromatic N) is 1. The first-order valence-electron chi connectivity index (χ1n) is 7.43. The van der Waals surface area contributed by atoms with Crippen LogP contribution in [0.2, 0.25) is 0 Å². The summed E-state index contributed by atoms with van der Waals surface area (Å²) < 4.78 is 64.4. The van der Waals surface area contributed by atoms with Gasteiger partial charge in [0.1, 0.15) is 5.82 Å². The lowest BCUT2D eigenvalue weighted by atomic mass is 10.2. The molecule has 0 atom stereocenters. The van der Waals surface area contributed by atoms with Gasteiger partial charge in [0.05, 0.1) is 10.5 Å². The van der Waals surface area contributed by atoms with Gasteiger partial charge in [-0.15, -0.1) is 0 Å². The van der Waals surface area contributed by atoms with Gasteiger partial charge in [-0.1, -0.05) is 12.1 Å². The summed E-state index contributed by atoms with van der Waals surface area (Å²) in [6.45, 7) is 3.76. The zero-order valence-corrected chi connectivity index (χ0v) is 14.5. The van der Waals surface area contributed by atoms with Gasteiger partial charge in [-0.05, 0) is 43.2 Å². The lowest BCUT2D eigenvalue weighted by Crippen LogP contribution is -2.29. The van der Waals surface area contributed by atoms with E-state index in [9.17, 15) is 21.6 Å². The van der Waals surface area contributed by atoms with E-state index in [1.54, 1.807) is 26.0 Å². The number of sulfonamides is 1. The third-order valence-electron chi connectivity index (χ3n) is 3.45. The predicted octanol–water partition coefficient (Wildman–Crippen LogP) is 3.11. The average molecular weight is 373 g/mol. The molecule has 0 fully saturated rings. The largest absolute Gasteiger partial charge is 0.417 e. The number of benzene rings is 1. The molecule has 0 aliphatic heterocycles. The summed E-state index contributed by atoms with van der Waals surface area (Å²) in [6, 6.07) is 7.25. The van der Waals surface area contributed by atoms with Crippen LogP contribution in [-0.4, -0.2) is 26.5 Å². The van der Waals surface area contributed by atoms with Crippen LogP contribution in [0.4, 0.5) is 19.0 Å². The molecule has 1 aromatic carbocycles. The molecule has 0 bridgehead atoms. The van der Waals surface area contributed by atoms with Gasteiger partial charge in [0.2, 0.25) is 10.0 Å². The van der Waals surface area contributed by atoms with Crippen molar-refractivity contribution in [2.75, 3.05) is 18.4 Å². The summed E-state index contributed by atoms with van der Waals surface area (Å²) >= 11 is 0. The highest BCUT2D eigenvalue weighted by atomic mass is 32.2. The molecule has 0 spiro atoms. The Hall–Kier alpha value is -2.13. The number of alkyl halides is 3. The molecular weight excluding hydrogens is 355 g/mol. The molecule has 0 amide bonds. The summed E-state index contributed by atoms with van der Waals surface area (Å²) in [7, 11) is -3.65. The molecule has 0 unspecified atom stereocenters. The summed E-state index contributed by atoms with van der Waals surface area (Å²) in [5.41, 5.74) is 0.627. The van der Waals surface area contributed by atoms with E-state index < -0.39 is 21.8 Å². The SMILES string of the molecule is Cc1ccc(C)c(S(=O)(=O)NCCNc2ccc(C(F)(F)F)cn2)c1. The number of aromatic nitrogens is 1. The van der Waals surface area contributed by atoms with Gasteiger partial charge in [-0.2, -0.15) is 13.2 Å². The minimum atomic E-state index is -4.44. The van der Waals surface area contributed by atoms with Crippen LogP contribution < -0.4 is 10.0 Å². The van der Waals surface area contributed by atoms with E-state index in [2.05, 4.69) is 15.0 Å². The van der Waals surface area contributed by atoms with Gasteiger partial charge in [-0.25, -0.2) is 18.1 Å². The van der Waals surface area contributed by atoms with Crippen LogP contribution in [-0.2, 0) is 16.2 Å². The van der Waals surface area contributed by atoms with Crippen molar-refractivity contribution < 1.29 is 21.6 Å². The maximum atomic E-state index is 12.4. The summed E-state index contributed by atoms with van der Waals surface area (Å²) in [4.78, 5) is 3.86. The molecule has 2 aromatic rings. The van der Waals surface area contributed by atoms with Crippen LogP contribution in [0.3, 0.4) is 0 Å². The first-order chi connectivity index (χ1) is 11.6. The van der Waals surface area contributed by atoms with E-state index in [1.165, 1.54) is 6.07 Å². The number of nitrogens with one attached hydrogen (secondary N) is 2. The van der Waals surface area contributed by atoms with Crippen molar-refractivity contribution in [3.05, 3.63) is 53.2 Å². The van der Waals surface area contributed by atoms with E-state index in [4.69, 9.17) is 0 Å². The van der Waals surface area contributed by atoms with E-state index in [0.717, 1.165) is 17.8 Å². The molecule has 1 aromatic heterocycles. The number of anilines is 1. The molecule has 2 N–H and O–H groups in total. The number of hydrogen-bond donors (Lipinski definition) is 2. The third-order valence-corrected chi connectivity index (χ3v) is 5.05. The molecule has 0 aliphatic rings. The number of halogens is 3. The highest BCUT2D eigenvalue weighted by molar-refractivity contribution is 7.89. The molecule has 2 rings (SSSR count). The fourth-order valence-electron chi connectivity index (χ4n) is 2.12. The Morgan fingerprint density at radius 3 is 2.40 bits per heavy atom. The highest BCUT2D eigenvalue weighted by Gasteiger charge is 2.30. The van der Waals surface area contributed by atoms with Crippen molar-refractivity contribution >= 4 is 15.8 Å². The Balaban J connectivity index is 1.91. The van der Waals surface area contributed by atoms with Crippen LogP contribution >= 0.6 is 0 Å². The topological polar surface area (TPSA) is 71.1 Å². The molecule has 0 aliphatic carbocycles. The Bertz CT molecular complexity index is 835. The Labute approximate surface area is 144 Å². The quantitative estimate of drug-likeness (QED) is 0.764. The van der Waals surface area contributed by atoms with Gasteiger partial charge >= 0.3 is 6.18 Å². The first-order valence-corrected chi connectivity index (χ1v) is 8.92. The maximum absolute atomic E-state index is 12.4. The van der Waals surface area contributed by atoms with Crippen molar-refractivity contribution in [3.8, 4) is 0 Å². The van der Waals surface area contributed by atoms with Crippen molar-refractivity contribution in [2.24, 2.45) is 0 Å². The normalized spacial score (nSPS) is 12.2. The Morgan fingerprint density at radius 2 is 1.80 bits per heavy atom. The zero-order chi connectivity index (χ0) is 18.7. The van der Waals surface area contributed by atoms with Crippen LogP contribution in [0.15, 0.2) is 41.4 Å². The molecular formula is C16H18F3N3O2S. The average Bonchev–Trinajstić information content (AvgIpc) is 2.53. The van der Waals surface area contributed by atoms with Gasteiger partial charge in [0.25, 0.3) is 0 Å². The fraction of sp³-hybridized carbons (Fsp3) is 0.312. The predicted molar refractivity (Wildman–Crippen MR) is 88.8 cm³/mol. The van der Waals surface area contributed by atoms with Gasteiger partial charge in [0.15, 0.2) is 0 Å². The van der Waals surface area contributed by atoms with E-state index in [0.29, 0.717) is 5.56 Å². The molecule has 1 heterocycles. The summed E-state index contributed by atoms with van der Waals surface area (Å²) in [5.74, 6) is 0.235. The molecule has 0 saturated carbocycles. The van der Waals surface area contributed by atoms with E-state index in [1.807, 2.05) is 6.07 Å². The summed E-state index contributed by atoms with van der Waals surface area (Å²) in [6.07, 6.45) is -3.71. The van der Waals surface area contributed by atoms with Gasteiger partial charge in [0, 0.05) is 19.3 Å². The van der Waals surface area contributed by atoms with Crippen molar-refractivity contribution in [2.45, 2.75) is 24.9 Å². The number of hydrogen-bond acceptors (Lipinski definition) is 4. The third kappa shape index (κ3) is 5.17. The second kappa shape index (κ2) is 7.40. The Kier molecular flexibility index (Phi) is 5.69. The van der Waals surface area contributed by atoms with E-state index in [-0.39, 0.29) is 23.8 Å². The maximum Gasteiger partial charge on any atom is 0.417 e. The monoisotopic (exact) mass is 373 g/mol. The summed E-state index contributed by atoms with van der Waals surface area (Å²) in [5, 5.41) is 2.77. The molecule has 9 heteroatoms. The van der Waals surface area contributed by atoms with Crippen LogP contribution in [0, 0.1) is 13.8 Å². The molecule has 0 radical (unpaired) electrons. The second-order valence-electron chi connectivity index (χ2n) is 5.52. The number of aryl methyl sites for hydroxylation is 2. The minimum absolute atomic E-state index is 0.0679. The molecule has 5 nitrogen and oxygen atoms in total. The van der Waals surface area contributed by atoms with E-state index >= 15 is 0 Å². The smallest absolute Gasteiger partial charge is 0.369 e. The molecule has 25 heavy (non-hydrogen) atoms. The highest BCUT2D eigenvalue weighted by Crippen LogP contribution is 2.28. The van der Waals surface area contributed by atoms with Gasteiger partial charge in [-0.3, -0.25) is 0 Å². The lowest BCUT2D eigenvalue weighted by molar-refractivity contribution is -0.137. The zero-order valence-electron chi connectivity index (χ0n) is 13.7. The molecule has 136 valence electrons. The molecule has 0 saturated heterocycles. The van der Waals surface area contributed by atoms with Gasteiger partial charge < -0.3 is 5.32 Å². The first kappa shape index (κ1) is 19.2. The van der Waals surface area contributed by atoms with Crippen molar-refractivity contribution in [1.29, 1.82) is 0 Å². The van der Waals surface area contributed by atoms with Crippen molar-refractivity contribution in [3.63, 3.8) is 0 Å². The number of rotatable bonds is 6. The second-order valence-corrected chi connectivity index (χ2v) is 7.26. The standard InChI is InChI=1S/C16H18F3N3O2S/c1-11-3-4-12(2)14(9-11)25(23,24)22-8-7-20-15-6-5-13(10-21-15)16(17,18)19/h3-6,9-10,22H,7-8H2,1-2H3,(H,20,21). The van der Waals surface area contributed by atoms with Crippen LogP contribution in [0.25, 0.3) is 0 Å². The fourth-order valence-corrected chi connectivity index (χ4v) is 3.48. The Morgan fingerprint density at radius 1 is 1.08 bits per heavy atom. The number of pyridine rings is 1. The van der Waals surface area contributed by atoms with Crippen molar-refractivity contribution in [1.82, 2.24) is 9.71 Å². The van der Waals surface area contributed by atoms with Crippen LogP contribution in [0.1, 0.15) is 16.7 Å². The lowest BCUT2D eigenvalue weighted by Gasteiger charge is -2.11. The van der Waals surface area contributed by atoms with Crippen LogP contribution in [0.5, 0.6) is 0 Å².